The second kappa shape index (κ2) is 10.3. The second-order valence-corrected chi connectivity index (χ2v) is 9.03. The standard InChI is InChI=1S/C26H24ClN3O4/c1-26(2,3)19-12-10-18(11-13-19)24(31)29-23(16-17-8-14-20(15-9-17)30(33)34)25(32)28-22-7-5-4-6-21(22)27/h4-16H,1-3H3,(H,28,32)(H,29,31). The summed E-state index contributed by atoms with van der Waals surface area (Å²) in [5.41, 5.74) is 2.15. The van der Waals surface area contributed by atoms with Crippen LogP contribution in [0.25, 0.3) is 6.08 Å². The van der Waals surface area contributed by atoms with Crippen molar-refractivity contribution in [3.8, 4) is 0 Å². The van der Waals surface area contributed by atoms with Crippen LogP contribution in [0.3, 0.4) is 0 Å². The zero-order valence-corrected chi connectivity index (χ0v) is 19.7. The number of anilines is 1. The van der Waals surface area contributed by atoms with Gasteiger partial charge in [-0.15, -0.1) is 0 Å². The van der Waals surface area contributed by atoms with Crippen molar-refractivity contribution < 1.29 is 14.5 Å². The molecule has 0 spiro atoms. The third-order valence-electron chi connectivity index (χ3n) is 5.04. The molecule has 0 aliphatic heterocycles. The highest BCUT2D eigenvalue weighted by molar-refractivity contribution is 6.34. The van der Waals surface area contributed by atoms with Crippen molar-refractivity contribution in [2.24, 2.45) is 0 Å². The number of amides is 2. The number of rotatable bonds is 6. The highest BCUT2D eigenvalue weighted by Crippen LogP contribution is 2.23. The summed E-state index contributed by atoms with van der Waals surface area (Å²) in [5, 5.41) is 16.6. The number of hydrogen-bond acceptors (Lipinski definition) is 4. The van der Waals surface area contributed by atoms with Gasteiger partial charge in [0.2, 0.25) is 0 Å². The highest BCUT2D eigenvalue weighted by Gasteiger charge is 2.18. The maximum absolute atomic E-state index is 13.0. The molecule has 0 aliphatic carbocycles. The van der Waals surface area contributed by atoms with E-state index in [2.05, 4.69) is 31.4 Å². The molecule has 0 bridgehead atoms. The molecule has 8 heteroatoms. The van der Waals surface area contributed by atoms with Crippen LogP contribution >= 0.6 is 11.6 Å². The molecule has 3 aromatic carbocycles. The first-order valence-electron chi connectivity index (χ1n) is 10.5. The van der Waals surface area contributed by atoms with E-state index in [-0.39, 0.29) is 16.8 Å². The number of benzene rings is 3. The number of nitro groups is 1. The lowest BCUT2D eigenvalue weighted by molar-refractivity contribution is -0.384. The van der Waals surface area contributed by atoms with Crippen molar-refractivity contribution in [3.63, 3.8) is 0 Å². The molecule has 3 aromatic rings. The summed E-state index contributed by atoms with van der Waals surface area (Å²) in [4.78, 5) is 36.4. The van der Waals surface area contributed by atoms with Gasteiger partial charge >= 0.3 is 0 Å². The van der Waals surface area contributed by atoms with Gasteiger partial charge in [-0.25, -0.2) is 0 Å². The predicted molar refractivity (Wildman–Crippen MR) is 134 cm³/mol. The summed E-state index contributed by atoms with van der Waals surface area (Å²) in [6, 6.07) is 19.5. The molecule has 7 nitrogen and oxygen atoms in total. The van der Waals surface area contributed by atoms with Crippen LogP contribution < -0.4 is 10.6 Å². The van der Waals surface area contributed by atoms with Crippen molar-refractivity contribution in [3.05, 3.63) is 110 Å². The molecule has 0 aromatic heterocycles. The van der Waals surface area contributed by atoms with Gasteiger partial charge in [0.25, 0.3) is 17.5 Å². The maximum Gasteiger partial charge on any atom is 0.272 e. The summed E-state index contributed by atoms with van der Waals surface area (Å²) < 4.78 is 0. The van der Waals surface area contributed by atoms with Gasteiger partial charge < -0.3 is 10.6 Å². The van der Waals surface area contributed by atoms with Crippen molar-refractivity contribution in [2.45, 2.75) is 26.2 Å². The minimum atomic E-state index is -0.592. The third kappa shape index (κ3) is 6.30. The minimum absolute atomic E-state index is 0.0429. The fourth-order valence-corrected chi connectivity index (χ4v) is 3.27. The summed E-state index contributed by atoms with van der Waals surface area (Å²) in [5.74, 6) is -1.06. The number of nitrogens with zero attached hydrogens (tertiary/aromatic N) is 1. The van der Waals surface area contributed by atoms with Gasteiger partial charge in [0.05, 0.1) is 15.6 Å². The van der Waals surface area contributed by atoms with Crippen LogP contribution in [0.1, 0.15) is 42.3 Å². The molecule has 2 N–H and O–H groups in total. The average molecular weight is 478 g/mol. The van der Waals surface area contributed by atoms with Gasteiger partial charge in [0.15, 0.2) is 0 Å². The number of hydrogen-bond donors (Lipinski definition) is 2. The van der Waals surface area contributed by atoms with E-state index in [1.807, 2.05) is 12.1 Å². The summed E-state index contributed by atoms with van der Waals surface area (Å²) in [7, 11) is 0. The predicted octanol–water partition coefficient (Wildman–Crippen LogP) is 5.96. The first-order chi connectivity index (χ1) is 16.0. The Morgan fingerprint density at radius 1 is 0.941 bits per heavy atom. The SMILES string of the molecule is CC(C)(C)c1ccc(C(=O)NC(=Cc2ccc([N+](=O)[O-])cc2)C(=O)Nc2ccccc2Cl)cc1. The number of carbonyl (C=O) groups excluding carboxylic acids is 2. The molecule has 0 atom stereocenters. The Morgan fingerprint density at radius 2 is 1.56 bits per heavy atom. The molecule has 174 valence electrons. The summed E-state index contributed by atoms with van der Waals surface area (Å²) in [6.07, 6.45) is 1.44. The van der Waals surface area contributed by atoms with E-state index in [1.54, 1.807) is 36.4 Å². The number of non-ortho nitro benzene ring substituents is 1. The molecule has 0 heterocycles. The summed E-state index contributed by atoms with van der Waals surface area (Å²) >= 11 is 6.15. The van der Waals surface area contributed by atoms with E-state index >= 15 is 0 Å². The molecular weight excluding hydrogens is 454 g/mol. The van der Waals surface area contributed by atoms with Gasteiger partial charge in [-0.2, -0.15) is 0 Å². The van der Waals surface area contributed by atoms with E-state index in [1.165, 1.54) is 30.3 Å². The zero-order chi connectivity index (χ0) is 24.9. The van der Waals surface area contributed by atoms with Gasteiger partial charge in [0, 0.05) is 17.7 Å². The molecule has 0 aliphatic rings. The molecule has 0 saturated heterocycles. The van der Waals surface area contributed by atoms with Crippen molar-refractivity contribution in [1.29, 1.82) is 0 Å². The molecule has 0 unspecified atom stereocenters. The van der Waals surface area contributed by atoms with E-state index in [9.17, 15) is 19.7 Å². The van der Waals surface area contributed by atoms with Gasteiger partial charge in [-0.3, -0.25) is 19.7 Å². The van der Waals surface area contributed by atoms with Crippen LogP contribution in [0.5, 0.6) is 0 Å². The van der Waals surface area contributed by atoms with Crippen LogP contribution in [0.2, 0.25) is 5.02 Å². The Labute approximate surface area is 202 Å². The lowest BCUT2D eigenvalue weighted by Gasteiger charge is -2.19. The molecule has 3 rings (SSSR count). The van der Waals surface area contributed by atoms with Gasteiger partial charge in [-0.05, 0) is 59.0 Å². The van der Waals surface area contributed by atoms with Crippen molar-refractivity contribution >= 4 is 40.9 Å². The molecule has 2 amide bonds. The number of para-hydroxylation sites is 1. The van der Waals surface area contributed by atoms with E-state index in [4.69, 9.17) is 11.6 Å². The lowest BCUT2D eigenvalue weighted by Crippen LogP contribution is -2.30. The number of nitrogens with one attached hydrogen (secondary N) is 2. The van der Waals surface area contributed by atoms with Gasteiger partial charge in [0.1, 0.15) is 5.70 Å². The fourth-order valence-electron chi connectivity index (χ4n) is 3.09. The van der Waals surface area contributed by atoms with Crippen LogP contribution in [-0.2, 0) is 10.2 Å². The van der Waals surface area contributed by atoms with Crippen molar-refractivity contribution in [1.82, 2.24) is 5.32 Å². The van der Waals surface area contributed by atoms with Crippen LogP contribution in [0.4, 0.5) is 11.4 Å². The van der Waals surface area contributed by atoms with Crippen LogP contribution in [0, 0.1) is 10.1 Å². The normalized spacial score (nSPS) is 11.6. The Kier molecular flexibility index (Phi) is 7.48. The van der Waals surface area contributed by atoms with Crippen LogP contribution in [0.15, 0.2) is 78.5 Å². The average Bonchev–Trinajstić information content (AvgIpc) is 2.80. The van der Waals surface area contributed by atoms with Crippen LogP contribution in [-0.4, -0.2) is 16.7 Å². The fraction of sp³-hybridized carbons (Fsp3) is 0.154. The smallest absolute Gasteiger partial charge is 0.272 e. The van der Waals surface area contributed by atoms with E-state index in [0.29, 0.717) is 21.8 Å². The van der Waals surface area contributed by atoms with E-state index in [0.717, 1.165) is 5.56 Å². The van der Waals surface area contributed by atoms with Gasteiger partial charge in [-0.1, -0.05) is 56.6 Å². The molecular formula is C26H24ClN3O4. The first-order valence-corrected chi connectivity index (χ1v) is 10.9. The number of halogens is 1. The number of nitro benzene ring substituents is 1. The first kappa shape index (κ1) is 24.7. The number of carbonyl (C=O) groups is 2. The minimum Gasteiger partial charge on any atom is -0.319 e. The third-order valence-corrected chi connectivity index (χ3v) is 5.37. The Bertz CT molecular complexity index is 1240. The molecule has 34 heavy (non-hydrogen) atoms. The molecule has 0 radical (unpaired) electrons. The zero-order valence-electron chi connectivity index (χ0n) is 19.0. The molecule has 0 saturated carbocycles. The second-order valence-electron chi connectivity index (χ2n) is 8.62. The van der Waals surface area contributed by atoms with Crippen molar-refractivity contribution in [2.75, 3.05) is 5.32 Å². The Hall–Kier alpha value is -3.97. The monoisotopic (exact) mass is 477 g/mol. The Balaban J connectivity index is 1.90. The summed E-state index contributed by atoms with van der Waals surface area (Å²) in [6.45, 7) is 6.23. The highest BCUT2D eigenvalue weighted by atomic mass is 35.5. The largest absolute Gasteiger partial charge is 0.319 e. The van der Waals surface area contributed by atoms with E-state index < -0.39 is 16.7 Å². The topological polar surface area (TPSA) is 101 Å². The Morgan fingerprint density at radius 3 is 2.12 bits per heavy atom. The quantitative estimate of drug-likeness (QED) is 0.260. The molecule has 0 fully saturated rings. The maximum atomic E-state index is 13.0. The lowest BCUT2D eigenvalue weighted by atomic mass is 9.87.